The van der Waals surface area contributed by atoms with Gasteiger partial charge in [-0.3, -0.25) is 4.79 Å². The molecule has 1 aliphatic heterocycles. The number of nitrogens with zero attached hydrogens (tertiary/aromatic N) is 6. The Morgan fingerprint density at radius 3 is 2.91 bits per heavy atom. The molecule has 0 radical (unpaired) electrons. The fourth-order valence-corrected chi connectivity index (χ4v) is 4.41. The molecule has 182 valence electrons. The number of methoxy groups -OCH3 is 2. The van der Waals surface area contributed by atoms with Crippen LogP contribution in [0.4, 0.5) is 17.6 Å². The van der Waals surface area contributed by atoms with E-state index in [1.165, 1.54) is 14.2 Å². The van der Waals surface area contributed by atoms with E-state index >= 15 is 0 Å². The van der Waals surface area contributed by atoms with E-state index in [1.807, 2.05) is 18.3 Å². The number of aliphatic hydroxyl groups is 1. The highest BCUT2D eigenvalue weighted by Gasteiger charge is 2.27. The Hall–Kier alpha value is -4.32. The number of amides is 1. The second-order valence-electron chi connectivity index (χ2n) is 8.15. The molecule has 4 heterocycles. The van der Waals surface area contributed by atoms with Crippen LogP contribution in [0, 0.1) is 0 Å². The van der Waals surface area contributed by atoms with Crippen molar-refractivity contribution in [1.29, 1.82) is 0 Å². The minimum atomic E-state index is -0.635. The highest BCUT2D eigenvalue weighted by atomic mass is 16.5. The monoisotopic (exact) mass is 478 g/mol. The smallest absolute Gasteiger partial charge is 0.252 e. The van der Waals surface area contributed by atoms with Gasteiger partial charge in [-0.1, -0.05) is 0 Å². The number of aliphatic hydroxyl groups excluding tert-OH is 1. The molecule has 0 spiro atoms. The van der Waals surface area contributed by atoms with Gasteiger partial charge in [-0.05, 0) is 31.0 Å². The van der Waals surface area contributed by atoms with Gasteiger partial charge in [0.05, 0.1) is 44.3 Å². The summed E-state index contributed by atoms with van der Waals surface area (Å²) in [6.07, 6.45) is 7.09. The Balaban J connectivity index is 1.47. The van der Waals surface area contributed by atoms with E-state index in [1.54, 1.807) is 33.7 Å². The van der Waals surface area contributed by atoms with Gasteiger partial charge in [0.25, 0.3) is 5.91 Å². The second-order valence-corrected chi connectivity index (χ2v) is 8.15. The zero-order chi connectivity index (χ0) is 24.5. The average molecular weight is 479 g/mol. The summed E-state index contributed by atoms with van der Waals surface area (Å²) in [6, 6.07) is 7.22. The lowest BCUT2D eigenvalue weighted by atomic mass is 10.1. The van der Waals surface area contributed by atoms with Crippen molar-refractivity contribution in [3.8, 4) is 17.2 Å². The molecule has 5 rings (SSSR count). The summed E-state index contributed by atoms with van der Waals surface area (Å²) in [5, 5.41) is 17.5. The van der Waals surface area contributed by atoms with Crippen LogP contribution in [0.3, 0.4) is 0 Å². The number of fused-ring (bicyclic) bond motifs is 1. The third-order valence-electron chi connectivity index (χ3n) is 6.08. The number of rotatable bonds is 8. The topological polar surface area (TPSA) is 145 Å². The first-order valence-electron chi connectivity index (χ1n) is 11.1. The van der Waals surface area contributed by atoms with Crippen LogP contribution >= 0.6 is 0 Å². The van der Waals surface area contributed by atoms with Gasteiger partial charge in [0.1, 0.15) is 11.8 Å². The van der Waals surface area contributed by atoms with E-state index < -0.39 is 5.91 Å². The molecule has 0 aliphatic carbocycles. The fraction of sp³-hybridized carbons (Fsp3) is 0.304. The van der Waals surface area contributed by atoms with Gasteiger partial charge < -0.3 is 35.1 Å². The van der Waals surface area contributed by atoms with Crippen molar-refractivity contribution in [1.82, 2.24) is 24.1 Å². The van der Waals surface area contributed by atoms with Crippen LogP contribution in [-0.2, 0) is 0 Å². The molecular weight excluding hydrogens is 452 g/mol. The summed E-state index contributed by atoms with van der Waals surface area (Å²) in [7, 11) is 2.94. The zero-order valence-electron chi connectivity index (χ0n) is 19.4. The lowest BCUT2D eigenvalue weighted by Crippen LogP contribution is -2.33. The summed E-state index contributed by atoms with van der Waals surface area (Å²) in [5.74, 6) is 1.63. The van der Waals surface area contributed by atoms with E-state index in [2.05, 4.69) is 20.3 Å². The molecule has 12 heteroatoms. The summed E-state index contributed by atoms with van der Waals surface area (Å²) in [6.45, 7) is 0.890. The van der Waals surface area contributed by atoms with Gasteiger partial charge in [0.2, 0.25) is 5.95 Å². The number of hydrogen-bond acceptors (Lipinski definition) is 9. The number of carbonyl (C=O) groups excluding carboxylic acids is 1. The molecular formula is C23H26N8O4. The predicted octanol–water partition coefficient (Wildman–Crippen LogP) is 1.74. The highest BCUT2D eigenvalue weighted by Crippen LogP contribution is 2.34. The number of carbonyl (C=O) groups is 1. The Morgan fingerprint density at radius 1 is 1.31 bits per heavy atom. The molecule has 12 nitrogen and oxygen atoms in total. The number of nitrogens with one attached hydrogen (secondary N) is 1. The van der Waals surface area contributed by atoms with E-state index in [4.69, 9.17) is 20.2 Å². The Labute approximate surface area is 200 Å². The Bertz CT molecular complexity index is 1380. The number of primary amides is 1. The van der Waals surface area contributed by atoms with Gasteiger partial charge in [-0.15, -0.1) is 5.10 Å². The Morgan fingerprint density at radius 2 is 2.17 bits per heavy atom. The lowest BCUT2D eigenvalue weighted by molar-refractivity contribution is 0.0996. The molecule has 1 saturated heterocycles. The predicted molar refractivity (Wildman–Crippen MR) is 129 cm³/mol. The maximum absolute atomic E-state index is 12.0. The molecule has 35 heavy (non-hydrogen) atoms. The Kier molecular flexibility index (Phi) is 5.87. The van der Waals surface area contributed by atoms with E-state index in [0.717, 1.165) is 30.7 Å². The van der Waals surface area contributed by atoms with Crippen LogP contribution in [0.15, 0.2) is 43.0 Å². The number of anilines is 3. The van der Waals surface area contributed by atoms with Crippen molar-refractivity contribution in [3.05, 3.63) is 48.5 Å². The normalized spacial score (nSPS) is 15.5. The van der Waals surface area contributed by atoms with E-state index in [-0.39, 0.29) is 24.0 Å². The largest absolute Gasteiger partial charge is 0.493 e. The third-order valence-corrected chi connectivity index (χ3v) is 6.08. The van der Waals surface area contributed by atoms with Gasteiger partial charge in [-0.2, -0.15) is 4.98 Å². The number of imidazole rings is 1. The third kappa shape index (κ3) is 4.08. The summed E-state index contributed by atoms with van der Waals surface area (Å²) < 4.78 is 14.1. The molecule has 0 bridgehead atoms. The number of aromatic nitrogens is 5. The quantitative estimate of drug-likeness (QED) is 0.345. The van der Waals surface area contributed by atoms with Crippen LogP contribution in [0.2, 0.25) is 0 Å². The first-order chi connectivity index (χ1) is 17.0. The van der Waals surface area contributed by atoms with Crippen LogP contribution < -0.4 is 25.4 Å². The maximum Gasteiger partial charge on any atom is 0.252 e. The summed E-state index contributed by atoms with van der Waals surface area (Å²) in [5.41, 5.74) is 7.21. The molecule has 4 aromatic rings. The fourth-order valence-electron chi connectivity index (χ4n) is 4.41. The molecule has 1 atom stereocenters. The molecule has 0 saturated carbocycles. The van der Waals surface area contributed by atoms with Gasteiger partial charge in [0.15, 0.2) is 23.1 Å². The van der Waals surface area contributed by atoms with Crippen LogP contribution in [-0.4, -0.2) is 68.6 Å². The van der Waals surface area contributed by atoms with Crippen molar-refractivity contribution in [2.45, 2.75) is 18.9 Å². The number of ether oxygens (including phenoxy) is 2. The van der Waals surface area contributed by atoms with Crippen molar-refractivity contribution >= 4 is 29.0 Å². The minimum Gasteiger partial charge on any atom is -0.493 e. The maximum atomic E-state index is 12.0. The van der Waals surface area contributed by atoms with Crippen molar-refractivity contribution in [2.75, 3.05) is 37.6 Å². The van der Waals surface area contributed by atoms with Gasteiger partial charge in [-0.25, -0.2) is 9.50 Å². The van der Waals surface area contributed by atoms with Crippen LogP contribution in [0.1, 0.15) is 23.2 Å². The van der Waals surface area contributed by atoms with Crippen molar-refractivity contribution in [2.24, 2.45) is 5.73 Å². The van der Waals surface area contributed by atoms with Crippen LogP contribution in [0.5, 0.6) is 11.5 Å². The zero-order valence-corrected chi connectivity index (χ0v) is 19.4. The lowest BCUT2D eigenvalue weighted by Gasteiger charge is -2.25. The van der Waals surface area contributed by atoms with Gasteiger partial charge >= 0.3 is 0 Å². The van der Waals surface area contributed by atoms with Crippen molar-refractivity contribution in [3.63, 3.8) is 0 Å². The summed E-state index contributed by atoms with van der Waals surface area (Å²) in [4.78, 5) is 23.2. The second kappa shape index (κ2) is 9.14. The molecule has 1 amide bonds. The number of benzene rings is 1. The summed E-state index contributed by atoms with van der Waals surface area (Å²) >= 11 is 0. The molecule has 1 aromatic carbocycles. The molecule has 4 N–H and O–H groups in total. The van der Waals surface area contributed by atoms with Gasteiger partial charge in [0, 0.05) is 18.8 Å². The van der Waals surface area contributed by atoms with Crippen LogP contribution in [0.25, 0.3) is 11.2 Å². The number of hydrogen-bond donors (Lipinski definition) is 3. The SMILES string of the molecule is COc1cc(-n2cnc(Nc3nc(N4CCC[C@H]4CO)c4cccn4n3)c2)cc(C(N)=O)c1OC. The number of nitrogens with two attached hydrogens (primary N) is 1. The highest BCUT2D eigenvalue weighted by molar-refractivity contribution is 5.97. The molecule has 1 aliphatic rings. The standard InChI is InChI=1S/C23H26N8O4/c1-34-18-10-15(9-16(21(24)33)20(18)35-2)29-11-19(25-13-29)26-23-27-22(17-6-4-8-31(17)28-23)30-7-3-5-14(30)12-32/h4,6,8-11,13-14,32H,3,5,7,12H2,1-2H3,(H2,24,33)(H,26,28)/t14-/m0/s1. The van der Waals surface area contributed by atoms with E-state index in [0.29, 0.717) is 23.2 Å². The molecule has 1 fully saturated rings. The molecule has 0 unspecified atom stereocenters. The average Bonchev–Trinajstić information content (AvgIpc) is 3.63. The first kappa shape index (κ1) is 22.5. The minimum absolute atomic E-state index is 0.0279. The van der Waals surface area contributed by atoms with E-state index in [9.17, 15) is 9.90 Å². The molecule has 3 aromatic heterocycles. The van der Waals surface area contributed by atoms with Crippen molar-refractivity contribution < 1.29 is 19.4 Å². The first-order valence-corrected chi connectivity index (χ1v) is 11.1.